The third-order valence-electron chi connectivity index (χ3n) is 4.08. The minimum atomic E-state index is -0.126. The van der Waals surface area contributed by atoms with E-state index in [1.807, 2.05) is 48.5 Å². The van der Waals surface area contributed by atoms with Crippen LogP contribution in [0.1, 0.15) is 42.3 Å². The molecule has 0 fully saturated rings. The summed E-state index contributed by atoms with van der Waals surface area (Å²) in [5.74, 6) is 0.882. The van der Waals surface area contributed by atoms with Crippen LogP contribution < -0.4 is 11.1 Å². The summed E-state index contributed by atoms with van der Waals surface area (Å²) < 4.78 is 0. The first-order chi connectivity index (χ1) is 12.8. The Hall–Kier alpha value is -2.80. The van der Waals surface area contributed by atoms with E-state index >= 15 is 0 Å². The predicted octanol–water partition coefficient (Wildman–Crippen LogP) is 4.23. The van der Waals surface area contributed by atoms with Gasteiger partial charge < -0.3 is 11.1 Å². The van der Waals surface area contributed by atoms with Gasteiger partial charge in [-0.25, -0.2) is 5.10 Å². The fourth-order valence-corrected chi connectivity index (χ4v) is 3.24. The van der Waals surface area contributed by atoms with E-state index in [2.05, 4.69) is 41.3 Å². The summed E-state index contributed by atoms with van der Waals surface area (Å²) in [6.07, 6.45) is 0. The Morgan fingerprint density at radius 2 is 1.78 bits per heavy atom. The molecule has 4 N–H and O–H groups in total. The maximum Gasteiger partial charge on any atom is 0.255 e. The topological polar surface area (TPSA) is 96.7 Å². The van der Waals surface area contributed by atoms with Crippen molar-refractivity contribution in [3.8, 4) is 0 Å². The fourth-order valence-electron chi connectivity index (χ4n) is 2.48. The van der Waals surface area contributed by atoms with Gasteiger partial charge in [-0.2, -0.15) is 4.98 Å². The zero-order valence-electron chi connectivity index (χ0n) is 15.6. The van der Waals surface area contributed by atoms with Crippen LogP contribution in [0.5, 0.6) is 0 Å². The van der Waals surface area contributed by atoms with Crippen LogP contribution in [-0.4, -0.2) is 21.1 Å². The number of hydrogen-bond acceptors (Lipinski definition) is 5. The Kier molecular flexibility index (Phi) is 5.51. The van der Waals surface area contributed by atoms with Crippen molar-refractivity contribution in [3.05, 3.63) is 65.2 Å². The minimum Gasteiger partial charge on any atom is -0.368 e. The smallest absolute Gasteiger partial charge is 0.255 e. The van der Waals surface area contributed by atoms with Crippen LogP contribution in [0.2, 0.25) is 0 Å². The molecule has 1 heterocycles. The number of nitrogens with one attached hydrogen (secondary N) is 2. The van der Waals surface area contributed by atoms with Gasteiger partial charge in [-0.05, 0) is 40.8 Å². The third-order valence-corrected chi connectivity index (χ3v) is 4.99. The lowest BCUT2D eigenvalue weighted by molar-refractivity contribution is 0.102. The van der Waals surface area contributed by atoms with Crippen LogP contribution in [0, 0.1) is 0 Å². The number of rotatable bonds is 5. The quantitative estimate of drug-likeness (QED) is 0.575. The van der Waals surface area contributed by atoms with Crippen molar-refractivity contribution < 1.29 is 4.79 Å². The number of hydrogen-bond donors (Lipinski definition) is 3. The van der Waals surface area contributed by atoms with Gasteiger partial charge in [-0.15, -0.1) is 5.10 Å². The molecule has 140 valence electrons. The molecule has 2 aromatic carbocycles. The Morgan fingerprint density at radius 3 is 2.33 bits per heavy atom. The molecule has 0 aliphatic rings. The third kappa shape index (κ3) is 5.10. The number of aromatic nitrogens is 3. The number of carbonyl (C=O) groups is 1. The van der Waals surface area contributed by atoms with Crippen molar-refractivity contribution >= 4 is 29.3 Å². The SMILES string of the molecule is CC(C)(C)c1ccc(NC(=O)c2ccc(CSc3n[nH]c(N)n3)cc2)cc1. The summed E-state index contributed by atoms with van der Waals surface area (Å²) in [4.78, 5) is 16.5. The molecule has 1 amide bonds. The lowest BCUT2D eigenvalue weighted by atomic mass is 9.87. The van der Waals surface area contributed by atoms with E-state index in [1.54, 1.807) is 0 Å². The van der Waals surface area contributed by atoms with Crippen molar-refractivity contribution in [3.63, 3.8) is 0 Å². The molecular formula is C20H23N5OS. The highest BCUT2D eigenvalue weighted by Crippen LogP contribution is 2.24. The minimum absolute atomic E-state index is 0.0908. The summed E-state index contributed by atoms with van der Waals surface area (Å²) in [5, 5.41) is 10.1. The molecule has 0 unspecified atom stereocenters. The molecule has 0 saturated heterocycles. The van der Waals surface area contributed by atoms with Crippen LogP contribution in [0.15, 0.2) is 53.7 Å². The van der Waals surface area contributed by atoms with E-state index in [0.717, 1.165) is 11.3 Å². The van der Waals surface area contributed by atoms with E-state index in [1.165, 1.54) is 17.3 Å². The molecule has 1 aromatic heterocycles. The number of aromatic amines is 1. The van der Waals surface area contributed by atoms with Crippen LogP contribution in [-0.2, 0) is 11.2 Å². The molecule has 0 radical (unpaired) electrons. The average Bonchev–Trinajstić information content (AvgIpc) is 3.05. The molecule has 0 spiro atoms. The lowest BCUT2D eigenvalue weighted by Crippen LogP contribution is -2.13. The van der Waals surface area contributed by atoms with Crippen LogP contribution in [0.4, 0.5) is 11.6 Å². The molecule has 6 nitrogen and oxygen atoms in total. The van der Waals surface area contributed by atoms with Gasteiger partial charge in [0, 0.05) is 17.0 Å². The molecule has 0 aliphatic heterocycles. The second kappa shape index (κ2) is 7.84. The van der Waals surface area contributed by atoms with Gasteiger partial charge in [0.05, 0.1) is 0 Å². The summed E-state index contributed by atoms with van der Waals surface area (Å²) in [7, 11) is 0. The predicted molar refractivity (Wildman–Crippen MR) is 110 cm³/mol. The molecule has 3 rings (SSSR count). The van der Waals surface area contributed by atoms with Gasteiger partial charge in [0.1, 0.15) is 0 Å². The Labute approximate surface area is 163 Å². The van der Waals surface area contributed by atoms with Crippen LogP contribution in [0.25, 0.3) is 0 Å². The van der Waals surface area contributed by atoms with Gasteiger partial charge in [0.15, 0.2) is 0 Å². The Bertz CT molecular complexity index is 911. The molecular weight excluding hydrogens is 358 g/mol. The van der Waals surface area contributed by atoms with E-state index in [0.29, 0.717) is 22.4 Å². The Balaban J connectivity index is 1.58. The van der Waals surface area contributed by atoms with Gasteiger partial charge in [0.25, 0.3) is 5.91 Å². The first-order valence-corrected chi connectivity index (χ1v) is 9.61. The number of thioether (sulfide) groups is 1. The molecule has 3 aromatic rings. The number of nitrogen functional groups attached to an aromatic ring is 1. The van der Waals surface area contributed by atoms with Crippen LogP contribution >= 0.6 is 11.8 Å². The normalized spacial score (nSPS) is 11.4. The summed E-state index contributed by atoms with van der Waals surface area (Å²) in [5.41, 5.74) is 9.31. The van der Waals surface area contributed by atoms with Crippen molar-refractivity contribution in [2.75, 3.05) is 11.1 Å². The zero-order valence-corrected chi connectivity index (χ0v) is 16.4. The van der Waals surface area contributed by atoms with E-state index < -0.39 is 0 Å². The lowest BCUT2D eigenvalue weighted by Gasteiger charge is -2.19. The van der Waals surface area contributed by atoms with Crippen molar-refractivity contribution in [2.45, 2.75) is 37.1 Å². The van der Waals surface area contributed by atoms with Crippen LogP contribution in [0.3, 0.4) is 0 Å². The van der Waals surface area contributed by atoms with E-state index in [4.69, 9.17) is 5.73 Å². The maximum absolute atomic E-state index is 12.4. The molecule has 0 aliphatic carbocycles. The number of amides is 1. The number of nitrogens with zero attached hydrogens (tertiary/aromatic N) is 2. The van der Waals surface area contributed by atoms with Crippen molar-refractivity contribution in [2.24, 2.45) is 0 Å². The summed E-state index contributed by atoms with van der Waals surface area (Å²) in [6.45, 7) is 6.49. The fraction of sp³-hybridized carbons (Fsp3) is 0.250. The molecule has 0 atom stereocenters. The highest BCUT2D eigenvalue weighted by molar-refractivity contribution is 7.98. The maximum atomic E-state index is 12.4. The van der Waals surface area contributed by atoms with E-state index in [9.17, 15) is 4.79 Å². The van der Waals surface area contributed by atoms with Gasteiger partial charge in [-0.3, -0.25) is 4.79 Å². The molecule has 7 heteroatoms. The van der Waals surface area contributed by atoms with E-state index in [-0.39, 0.29) is 11.3 Å². The Morgan fingerprint density at radius 1 is 1.11 bits per heavy atom. The van der Waals surface area contributed by atoms with Crippen molar-refractivity contribution in [1.82, 2.24) is 15.2 Å². The molecule has 27 heavy (non-hydrogen) atoms. The molecule has 0 saturated carbocycles. The zero-order chi connectivity index (χ0) is 19.4. The summed E-state index contributed by atoms with van der Waals surface area (Å²) in [6, 6.07) is 15.5. The first kappa shape index (κ1) is 19.0. The first-order valence-electron chi connectivity index (χ1n) is 8.63. The van der Waals surface area contributed by atoms with Gasteiger partial charge in [0.2, 0.25) is 11.1 Å². The highest BCUT2D eigenvalue weighted by Gasteiger charge is 2.13. The van der Waals surface area contributed by atoms with Gasteiger partial charge >= 0.3 is 0 Å². The standard InChI is InChI=1S/C20H23N5OS/c1-20(2,3)15-8-10-16(11-9-15)22-17(26)14-6-4-13(5-7-14)12-27-19-23-18(21)24-25-19/h4-11H,12H2,1-3H3,(H,22,26)(H3,21,23,24,25). The highest BCUT2D eigenvalue weighted by atomic mass is 32.2. The number of benzene rings is 2. The second-order valence-corrected chi connectivity index (χ2v) is 8.21. The average molecular weight is 382 g/mol. The summed E-state index contributed by atoms with van der Waals surface area (Å²) >= 11 is 1.48. The number of carbonyl (C=O) groups excluding carboxylic acids is 1. The second-order valence-electron chi connectivity index (χ2n) is 7.27. The largest absolute Gasteiger partial charge is 0.368 e. The molecule has 0 bridgehead atoms. The monoisotopic (exact) mass is 381 g/mol. The van der Waals surface area contributed by atoms with Crippen molar-refractivity contribution in [1.29, 1.82) is 0 Å². The van der Waals surface area contributed by atoms with Gasteiger partial charge in [-0.1, -0.05) is 56.8 Å². The number of anilines is 2. The number of nitrogens with two attached hydrogens (primary N) is 1. The number of H-pyrrole nitrogens is 1.